The molecule has 1 amide bonds. The van der Waals surface area contributed by atoms with E-state index >= 15 is 0 Å². The van der Waals surface area contributed by atoms with Crippen LogP contribution in [0.25, 0.3) is 0 Å². The van der Waals surface area contributed by atoms with Crippen molar-refractivity contribution >= 4 is 11.6 Å². The minimum atomic E-state index is -0.0105. The zero-order valence-corrected chi connectivity index (χ0v) is 14.2. The highest BCUT2D eigenvalue weighted by molar-refractivity contribution is 5.88. The number of nitrogens with zero attached hydrogens (tertiary/aromatic N) is 1. The maximum absolute atomic E-state index is 11.2. The van der Waals surface area contributed by atoms with E-state index in [-0.39, 0.29) is 5.91 Å². The highest BCUT2D eigenvalue weighted by Gasteiger charge is 2.30. The number of rotatable bonds is 4. The lowest BCUT2D eigenvalue weighted by atomic mass is 9.80. The molecule has 0 aromatic heterocycles. The number of nitrogens with one attached hydrogen (secondary N) is 2. The summed E-state index contributed by atoms with van der Waals surface area (Å²) in [5.41, 5.74) is 2.30. The Morgan fingerprint density at radius 2 is 1.78 bits per heavy atom. The van der Waals surface area contributed by atoms with Crippen LogP contribution in [0.4, 0.5) is 5.69 Å². The summed E-state index contributed by atoms with van der Waals surface area (Å²) < 4.78 is 0. The molecule has 3 rings (SSSR count). The van der Waals surface area contributed by atoms with Crippen LogP contribution >= 0.6 is 0 Å². The molecule has 1 aromatic carbocycles. The minimum absolute atomic E-state index is 0.0105. The molecule has 1 saturated heterocycles. The summed E-state index contributed by atoms with van der Waals surface area (Å²) >= 11 is 0. The first-order valence-electron chi connectivity index (χ1n) is 9.06. The summed E-state index contributed by atoms with van der Waals surface area (Å²) in [6, 6.07) is 9.06. The molecule has 2 N–H and O–H groups in total. The summed E-state index contributed by atoms with van der Waals surface area (Å²) in [5.74, 6) is 0.761. The summed E-state index contributed by atoms with van der Waals surface area (Å²) in [7, 11) is 0. The van der Waals surface area contributed by atoms with Crippen molar-refractivity contribution in [1.29, 1.82) is 0 Å². The molecule has 0 spiro atoms. The van der Waals surface area contributed by atoms with E-state index in [0.717, 1.165) is 37.8 Å². The zero-order chi connectivity index (χ0) is 16.1. The Kier molecular flexibility index (Phi) is 5.68. The van der Waals surface area contributed by atoms with Gasteiger partial charge >= 0.3 is 0 Å². The van der Waals surface area contributed by atoms with Crippen LogP contribution < -0.4 is 10.6 Å². The molecule has 1 aromatic rings. The van der Waals surface area contributed by atoms with E-state index in [2.05, 4.69) is 39.8 Å². The Balaban J connectivity index is 1.79. The Labute approximate surface area is 139 Å². The summed E-state index contributed by atoms with van der Waals surface area (Å²) in [6.07, 6.45) is 6.84. The summed E-state index contributed by atoms with van der Waals surface area (Å²) in [5, 5.41) is 6.33. The lowest BCUT2D eigenvalue weighted by Gasteiger charge is -2.41. The van der Waals surface area contributed by atoms with Gasteiger partial charge in [-0.1, -0.05) is 31.4 Å². The standard InChI is InChI=1S/C19H29N3O/c1-15(23)21-18-9-7-17(8-10-18)19(16-5-3-2-4-6-16)22-13-11-20-12-14-22/h7-10,16,19-20H,2-6,11-14H2,1H3,(H,21,23)/t19-/m0/s1. The van der Waals surface area contributed by atoms with E-state index in [4.69, 9.17) is 0 Å². The molecular weight excluding hydrogens is 286 g/mol. The minimum Gasteiger partial charge on any atom is -0.326 e. The van der Waals surface area contributed by atoms with Gasteiger partial charge in [0.05, 0.1) is 0 Å². The van der Waals surface area contributed by atoms with Gasteiger partial charge in [0.1, 0.15) is 0 Å². The Hall–Kier alpha value is -1.39. The smallest absolute Gasteiger partial charge is 0.221 e. The van der Waals surface area contributed by atoms with Gasteiger partial charge in [-0.3, -0.25) is 9.69 Å². The van der Waals surface area contributed by atoms with Crippen LogP contribution in [0.3, 0.4) is 0 Å². The number of benzene rings is 1. The molecule has 2 aliphatic rings. The third-order valence-electron chi connectivity index (χ3n) is 5.21. The summed E-state index contributed by atoms with van der Waals surface area (Å²) in [4.78, 5) is 13.9. The summed E-state index contributed by atoms with van der Waals surface area (Å²) in [6.45, 7) is 6.00. The normalized spacial score (nSPS) is 21.8. The first kappa shape index (κ1) is 16.5. The van der Waals surface area contributed by atoms with Crippen molar-refractivity contribution < 1.29 is 4.79 Å². The second-order valence-corrected chi connectivity index (χ2v) is 6.93. The highest BCUT2D eigenvalue weighted by Crippen LogP contribution is 2.38. The number of hydrogen-bond donors (Lipinski definition) is 2. The quantitative estimate of drug-likeness (QED) is 0.897. The van der Waals surface area contributed by atoms with Crippen molar-refractivity contribution in [3.05, 3.63) is 29.8 Å². The van der Waals surface area contributed by atoms with Gasteiger partial charge in [-0.05, 0) is 36.5 Å². The molecule has 0 unspecified atom stereocenters. The Morgan fingerprint density at radius 1 is 1.13 bits per heavy atom. The predicted octanol–water partition coefficient (Wildman–Crippen LogP) is 3.17. The van der Waals surface area contributed by atoms with Gasteiger partial charge in [-0.2, -0.15) is 0 Å². The monoisotopic (exact) mass is 315 g/mol. The third-order valence-corrected chi connectivity index (χ3v) is 5.21. The van der Waals surface area contributed by atoms with Gasteiger partial charge < -0.3 is 10.6 Å². The van der Waals surface area contributed by atoms with Crippen LogP contribution in [0.1, 0.15) is 50.6 Å². The van der Waals surface area contributed by atoms with Gasteiger partial charge in [0.2, 0.25) is 5.91 Å². The first-order valence-corrected chi connectivity index (χ1v) is 9.06. The fraction of sp³-hybridized carbons (Fsp3) is 0.632. The lowest BCUT2D eigenvalue weighted by Crippen LogP contribution is -2.47. The average Bonchev–Trinajstić information content (AvgIpc) is 2.58. The van der Waals surface area contributed by atoms with Crippen LogP contribution in [0.2, 0.25) is 0 Å². The van der Waals surface area contributed by atoms with Crippen molar-refractivity contribution in [3.8, 4) is 0 Å². The first-order chi connectivity index (χ1) is 11.2. The number of carbonyl (C=O) groups excluding carboxylic acids is 1. The fourth-order valence-corrected chi connectivity index (χ4v) is 4.16. The molecule has 1 heterocycles. The second kappa shape index (κ2) is 7.93. The average molecular weight is 315 g/mol. The van der Waals surface area contributed by atoms with Crippen molar-refractivity contribution in [3.63, 3.8) is 0 Å². The van der Waals surface area contributed by atoms with Gasteiger partial charge in [0, 0.05) is 44.8 Å². The Bertz CT molecular complexity index is 484. The lowest BCUT2D eigenvalue weighted by molar-refractivity contribution is -0.114. The predicted molar refractivity (Wildman–Crippen MR) is 94.5 cm³/mol. The maximum atomic E-state index is 11.2. The van der Waals surface area contributed by atoms with Crippen LogP contribution in [-0.4, -0.2) is 37.0 Å². The maximum Gasteiger partial charge on any atom is 0.221 e. The van der Waals surface area contributed by atoms with Crippen molar-refractivity contribution in [2.75, 3.05) is 31.5 Å². The molecule has 1 aliphatic heterocycles. The van der Waals surface area contributed by atoms with E-state index in [1.165, 1.54) is 37.7 Å². The number of amides is 1. The van der Waals surface area contributed by atoms with Crippen molar-refractivity contribution in [1.82, 2.24) is 10.2 Å². The molecule has 1 saturated carbocycles. The highest BCUT2D eigenvalue weighted by atomic mass is 16.1. The number of hydrogen-bond acceptors (Lipinski definition) is 3. The van der Waals surface area contributed by atoms with E-state index in [9.17, 15) is 4.79 Å². The van der Waals surface area contributed by atoms with Crippen LogP contribution in [-0.2, 0) is 4.79 Å². The molecule has 23 heavy (non-hydrogen) atoms. The molecule has 1 atom stereocenters. The molecule has 126 valence electrons. The van der Waals surface area contributed by atoms with Crippen LogP contribution in [0.5, 0.6) is 0 Å². The molecule has 4 nitrogen and oxygen atoms in total. The zero-order valence-electron chi connectivity index (χ0n) is 14.2. The number of piperazine rings is 1. The van der Waals surface area contributed by atoms with Gasteiger partial charge in [-0.15, -0.1) is 0 Å². The van der Waals surface area contributed by atoms with E-state index in [1.807, 2.05) is 0 Å². The van der Waals surface area contributed by atoms with Crippen molar-refractivity contribution in [2.45, 2.75) is 45.1 Å². The van der Waals surface area contributed by atoms with Gasteiger partial charge in [0.25, 0.3) is 0 Å². The number of anilines is 1. The fourth-order valence-electron chi connectivity index (χ4n) is 4.16. The molecule has 4 heteroatoms. The Morgan fingerprint density at radius 3 is 2.39 bits per heavy atom. The molecule has 2 fully saturated rings. The molecule has 1 aliphatic carbocycles. The SMILES string of the molecule is CC(=O)Nc1ccc([C@H](C2CCCCC2)N2CCNCC2)cc1. The van der Waals surface area contributed by atoms with Gasteiger partial charge in [-0.25, -0.2) is 0 Å². The topological polar surface area (TPSA) is 44.4 Å². The van der Waals surface area contributed by atoms with Crippen LogP contribution in [0, 0.1) is 5.92 Å². The third kappa shape index (κ3) is 4.33. The van der Waals surface area contributed by atoms with Crippen molar-refractivity contribution in [2.24, 2.45) is 5.92 Å². The largest absolute Gasteiger partial charge is 0.326 e. The van der Waals surface area contributed by atoms with Gasteiger partial charge in [0.15, 0.2) is 0 Å². The molecule has 0 bridgehead atoms. The molecular formula is C19H29N3O. The molecule has 0 radical (unpaired) electrons. The van der Waals surface area contributed by atoms with Crippen LogP contribution in [0.15, 0.2) is 24.3 Å². The van der Waals surface area contributed by atoms with E-state index in [1.54, 1.807) is 6.92 Å². The van der Waals surface area contributed by atoms with E-state index < -0.39 is 0 Å². The number of carbonyl (C=O) groups is 1. The van der Waals surface area contributed by atoms with E-state index in [0.29, 0.717) is 6.04 Å². The second-order valence-electron chi connectivity index (χ2n) is 6.93.